The van der Waals surface area contributed by atoms with Gasteiger partial charge < -0.3 is 19.2 Å². The minimum absolute atomic E-state index is 0.0138. The van der Waals surface area contributed by atoms with Gasteiger partial charge in [0.25, 0.3) is 5.91 Å². The normalized spacial score (nSPS) is 26.3. The van der Waals surface area contributed by atoms with Crippen LogP contribution in [0.15, 0.2) is 40.3 Å². The smallest absolute Gasteiger partial charge is 0.271 e. The number of nitrogens with one attached hydrogen (secondary N) is 1. The second-order valence-corrected chi connectivity index (χ2v) is 9.82. The van der Waals surface area contributed by atoms with Crippen molar-refractivity contribution in [1.29, 1.82) is 0 Å². The summed E-state index contributed by atoms with van der Waals surface area (Å²) in [5.41, 5.74) is 0.512. The van der Waals surface area contributed by atoms with Crippen LogP contribution in [0.25, 0.3) is 10.2 Å². The first-order valence-corrected chi connectivity index (χ1v) is 11.7. The van der Waals surface area contributed by atoms with Gasteiger partial charge in [0.2, 0.25) is 5.91 Å². The number of nitrogens with zero attached hydrogens (tertiary/aromatic N) is 2. The Hall–Kier alpha value is -2.61. The summed E-state index contributed by atoms with van der Waals surface area (Å²) >= 11 is 1.59. The number of furan rings is 1. The van der Waals surface area contributed by atoms with Gasteiger partial charge in [0.05, 0.1) is 36.2 Å². The van der Waals surface area contributed by atoms with Crippen LogP contribution in [0.4, 0.5) is 4.39 Å². The summed E-state index contributed by atoms with van der Waals surface area (Å²) in [6.45, 7) is 2.14. The van der Waals surface area contributed by atoms with Crippen molar-refractivity contribution in [2.45, 2.75) is 57.3 Å². The van der Waals surface area contributed by atoms with E-state index in [0.717, 1.165) is 35.9 Å². The van der Waals surface area contributed by atoms with Gasteiger partial charge in [-0.1, -0.05) is 0 Å². The molecule has 1 saturated carbocycles. The van der Waals surface area contributed by atoms with E-state index in [-0.39, 0.29) is 37.0 Å². The standard InChI is InChI=1S/C23H26FN3O3S/c1-23(22(29)25-16-6-4-15(12-24)5-7-16)14-26-18-8-10-31-20(18)11-19(26)21(28)27(23)13-17-3-2-9-30-17/h2-3,8-11,15-16H,4-7,12-14H2,1H3,(H,25,29). The maximum atomic E-state index is 13.6. The molecule has 1 fully saturated rings. The Kier molecular flexibility index (Phi) is 5.12. The van der Waals surface area contributed by atoms with Crippen LogP contribution in [0.1, 0.15) is 48.9 Å². The summed E-state index contributed by atoms with van der Waals surface area (Å²) in [5.74, 6) is 0.395. The lowest BCUT2D eigenvalue weighted by Gasteiger charge is -2.44. The number of rotatable bonds is 5. The van der Waals surface area contributed by atoms with E-state index < -0.39 is 5.54 Å². The Balaban J connectivity index is 1.46. The molecule has 1 unspecified atom stereocenters. The molecular formula is C23H26FN3O3S. The number of fused-ring (bicyclic) bond motifs is 3. The number of carbonyl (C=O) groups is 2. The molecule has 164 valence electrons. The summed E-state index contributed by atoms with van der Waals surface area (Å²) in [4.78, 5) is 28.8. The first-order chi connectivity index (χ1) is 15.0. The van der Waals surface area contributed by atoms with E-state index in [9.17, 15) is 14.0 Å². The summed E-state index contributed by atoms with van der Waals surface area (Å²) in [6.07, 6.45) is 4.68. The molecule has 0 saturated heterocycles. The number of hydrogen-bond donors (Lipinski definition) is 1. The highest BCUT2D eigenvalue weighted by Crippen LogP contribution is 2.35. The molecule has 3 aromatic rings. The van der Waals surface area contributed by atoms with Crippen LogP contribution in [-0.4, -0.2) is 39.5 Å². The zero-order chi connectivity index (χ0) is 21.6. The SMILES string of the molecule is CC1(C(=O)NC2CCC(CF)CC2)Cn2c(cc3sccc32)C(=O)N1Cc1ccco1. The Bertz CT molecular complexity index is 1100. The summed E-state index contributed by atoms with van der Waals surface area (Å²) < 4.78 is 21.5. The van der Waals surface area contributed by atoms with Crippen LogP contribution >= 0.6 is 11.3 Å². The lowest BCUT2D eigenvalue weighted by Crippen LogP contribution is -2.64. The average Bonchev–Trinajstić information content (AvgIpc) is 3.50. The molecule has 1 atom stereocenters. The maximum absolute atomic E-state index is 13.6. The molecule has 8 heteroatoms. The zero-order valence-corrected chi connectivity index (χ0v) is 18.3. The van der Waals surface area contributed by atoms with Crippen LogP contribution < -0.4 is 5.32 Å². The molecule has 0 spiro atoms. The van der Waals surface area contributed by atoms with Crippen LogP contribution in [0.3, 0.4) is 0 Å². The monoisotopic (exact) mass is 443 g/mol. The molecule has 0 radical (unpaired) electrons. The molecule has 4 heterocycles. The molecule has 31 heavy (non-hydrogen) atoms. The van der Waals surface area contributed by atoms with Crippen molar-refractivity contribution in [2.75, 3.05) is 6.67 Å². The van der Waals surface area contributed by atoms with Crippen molar-refractivity contribution in [3.05, 3.63) is 47.4 Å². The van der Waals surface area contributed by atoms with Gasteiger partial charge in [0.15, 0.2) is 0 Å². The van der Waals surface area contributed by atoms with E-state index in [1.807, 2.05) is 35.1 Å². The highest BCUT2D eigenvalue weighted by atomic mass is 32.1. The number of alkyl halides is 1. The van der Waals surface area contributed by atoms with Gasteiger partial charge in [0, 0.05) is 6.04 Å². The third-order valence-corrected chi connectivity index (χ3v) is 7.69. The summed E-state index contributed by atoms with van der Waals surface area (Å²) in [5, 5.41) is 5.17. The van der Waals surface area contributed by atoms with Gasteiger partial charge in [-0.05, 0) is 68.2 Å². The molecule has 0 aromatic carbocycles. The molecule has 1 aliphatic heterocycles. The van der Waals surface area contributed by atoms with Crippen LogP contribution in [0, 0.1) is 5.92 Å². The third kappa shape index (κ3) is 3.46. The molecule has 6 nitrogen and oxygen atoms in total. The number of thiophene rings is 1. The highest BCUT2D eigenvalue weighted by Gasteiger charge is 2.48. The Morgan fingerprint density at radius 1 is 1.32 bits per heavy atom. The second kappa shape index (κ2) is 7.82. The van der Waals surface area contributed by atoms with E-state index in [1.54, 1.807) is 28.6 Å². The highest BCUT2D eigenvalue weighted by molar-refractivity contribution is 7.17. The third-order valence-electron chi connectivity index (χ3n) is 6.83. The fourth-order valence-electron chi connectivity index (χ4n) is 4.88. The topological polar surface area (TPSA) is 67.5 Å². The number of amides is 2. The molecule has 3 aromatic heterocycles. The van der Waals surface area contributed by atoms with Crippen LogP contribution in [-0.2, 0) is 17.9 Å². The van der Waals surface area contributed by atoms with E-state index in [1.165, 1.54) is 0 Å². The second-order valence-electron chi connectivity index (χ2n) is 8.88. The quantitative estimate of drug-likeness (QED) is 0.637. The molecule has 1 aliphatic carbocycles. The number of aromatic nitrogens is 1. The first-order valence-electron chi connectivity index (χ1n) is 10.8. The van der Waals surface area contributed by atoms with Gasteiger partial charge in [-0.3, -0.25) is 14.0 Å². The fraction of sp³-hybridized carbons (Fsp3) is 0.478. The number of halogens is 1. The first kappa shape index (κ1) is 20.3. The molecule has 5 rings (SSSR count). The Labute approximate surface area is 184 Å². The van der Waals surface area contributed by atoms with Gasteiger partial charge in [-0.2, -0.15) is 0 Å². The molecule has 2 amide bonds. The predicted octanol–water partition coefficient (Wildman–Crippen LogP) is 4.36. The van der Waals surface area contributed by atoms with Crippen molar-refractivity contribution >= 4 is 33.4 Å². The minimum Gasteiger partial charge on any atom is -0.467 e. The van der Waals surface area contributed by atoms with Gasteiger partial charge in [0.1, 0.15) is 17.0 Å². The number of carbonyl (C=O) groups excluding carboxylic acids is 2. The number of hydrogen-bond acceptors (Lipinski definition) is 4. The van der Waals surface area contributed by atoms with Crippen LogP contribution in [0.5, 0.6) is 0 Å². The van der Waals surface area contributed by atoms with E-state index in [0.29, 0.717) is 18.0 Å². The van der Waals surface area contributed by atoms with Crippen molar-refractivity contribution < 1.29 is 18.4 Å². The minimum atomic E-state index is -1.07. The van der Waals surface area contributed by atoms with Crippen molar-refractivity contribution in [1.82, 2.24) is 14.8 Å². The summed E-state index contributed by atoms with van der Waals surface area (Å²) in [6, 6.07) is 7.52. The lowest BCUT2D eigenvalue weighted by atomic mass is 9.86. The van der Waals surface area contributed by atoms with Crippen molar-refractivity contribution in [3.8, 4) is 0 Å². The fourth-order valence-corrected chi connectivity index (χ4v) is 5.70. The Morgan fingerprint density at radius 3 is 2.84 bits per heavy atom. The van der Waals surface area contributed by atoms with Crippen molar-refractivity contribution in [2.24, 2.45) is 5.92 Å². The summed E-state index contributed by atoms with van der Waals surface area (Å²) in [7, 11) is 0. The Morgan fingerprint density at radius 2 is 2.13 bits per heavy atom. The van der Waals surface area contributed by atoms with E-state index in [2.05, 4.69) is 5.32 Å². The maximum Gasteiger partial charge on any atom is 0.271 e. The van der Waals surface area contributed by atoms with E-state index in [4.69, 9.17) is 4.42 Å². The largest absolute Gasteiger partial charge is 0.467 e. The average molecular weight is 444 g/mol. The van der Waals surface area contributed by atoms with Gasteiger partial charge in [-0.25, -0.2) is 0 Å². The van der Waals surface area contributed by atoms with Gasteiger partial charge in [-0.15, -0.1) is 11.3 Å². The van der Waals surface area contributed by atoms with Crippen LogP contribution in [0.2, 0.25) is 0 Å². The molecule has 2 aliphatic rings. The predicted molar refractivity (Wildman–Crippen MR) is 117 cm³/mol. The lowest BCUT2D eigenvalue weighted by molar-refractivity contribution is -0.134. The zero-order valence-electron chi connectivity index (χ0n) is 17.5. The van der Waals surface area contributed by atoms with E-state index >= 15 is 0 Å². The molecular weight excluding hydrogens is 417 g/mol. The van der Waals surface area contributed by atoms with Gasteiger partial charge >= 0.3 is 0 Å². The molecule has 1 N–H and O–H groups in total. The van der Waals surface area contributed by atoms with Crippen molar-refractivity contribution in [3.63, 3.8) is 0 Å². The molecule has 0 bridgehead atoms.